The summed E-state index contributed by atoms with van der Waals surface area (Å²) >= 11 is 0. The molecule has 2 heterocycles. The minimum Gasteiger partial charge on any atom is -0.356 e. The molecule has 0 spiro atoms. The smallest absolute Gasteiger partial charge is 0.277 e. The van der Waals surface area contributed by atoms with E-state index in [1.807, 2.05) is 0 Å². The lowest BCUT2D eigenvalue weighted by Crippen LogP contribution is -2.43. The van der Waals surface area contributed by atoms with Gasteiger partial charge < -0.3 is 10.2 Å². The third-order valence-corrected chi connectivity index (χ3v) is 4.47. The van der Waals surface area contributed by atoms with Crippen LogP contribution in [0.25, 0.3) is 0 Å². The zero-order valence-corrected chi connectivity index (χ0v) is 12.4. The Balaban J connectivity index is 1.58. The van der Waals surface area contributed by atoms with E-state index in [4.69, 9.17) is 0 Å². The standard InChI is InChI=1S/C15H22N4O2/c1-11-9-17-15(8-14(11)19(20)21)18-6-4-13(5-7-18)16-10-12-2-3-12/h8-9,12-13,16H,2-7,10H2,1H3. The number of nitrogens with one attached hydrogen (secondary N) is 1. The minimum absolute atomic E-state index is 0.161. The number of anilines is 1. The van der Waals surface area contributed by atoms with Crippen molar-refractivity contribution in [1.82, 2.24) is 10.3 Å². The predicted molar refractivity (Wildman–Crippen MR) is 81.6 cm³/mol. The van der Waals surface area contributed by atoms with Crippen LogP contribution < -0.4 is 10.2 Å². The van der Waals surface area contributed by atoms with Crippen molar-refractivity contribution in [2.45, 2.75) is 38.6 Å². The highest BCUT2D eigenvalue weighted by Gasteiger charge is 2.25. The van der Waals surface area contributed by atoms with Crippen molar-refractivity contribution >= 4 is 11.5 Å². The third-order valence-electron chi connectivity index (χ3n) is 4.47. The number of hydrogen-bond donors (Lipinski definition) is 1. The van der Waals surface area contributed by atoms with Crippen LogP contribution in [0.3, 0.4) is 0 Å². The Bertz CT molecular complexity index is 522. The lowest BCUT2D eigenvalue weighted by atomic mass is 10.0. The molecule has 114 valence electrons. The molecule has 2 fully saturated rings. The van der Waals surface area contributed by atoms with Crippen molar-refractivity contribution in [1.29, 1.82) is 0 Å². The summed E-state index contributed by atoms with van der Waals surface area (Å²) in [4.78, 5) is 17.2. The van der Waals surface area contributed by atoms with Crippen LogP contribution in [0.4, 0.5) is 11.5 Å². The molecule has 1 aromatic rings. The van der Waals surface area contributed by atoms with Crippen molar-refractivity contribution < 1.29 is 4.92 Å². The molecule has 1 N–H and O–H groups in total. The summed E-state index contributed by atoms with van der Waals surface area (Å²) in [5, 5.41) is 14.7. The molecule has 0 aromatic carbocycles. The fourth-order valence-corrected chi connectivity index (χ4v) is 2.84. The van der Waals surface area contributed by atoms with Gasteiger partial charge in [-0.15, -0.1) is 0 Å². The summed E-state index contributed by atoms with van der Waals surface area (Å²) < 4.78 is 0. The molecular formula is C15H22N4O2. The number of nitrogens with zero attached hydrogens (tertiary/aromatic N) is 3. The van der Waals surface area contributed by atoms with Gasteiger partial charge in [-0.25, -0.2) is 4.98 Å². The van der Waals surface area contributed by atoms with Crippen molar-refractivity contribution in [2.24, 2.45) is 5.92 Å². The fourth-order valence-electron chi connectivity index (χ4n) is 2.84. The molecule has 21 heavy (non-hydrogen) atoms. The van der Waals surface area contributed by atoms with E-state index in [0.29, 0.717) is 11.6 Å². The van der Waals surface area contributed by atoms with Crippen molar-refractivity contribution in [3.63, 3.8) is 0 Å². The molecule has 0 unspecified atom stereocenters. The van der Waals surface area contributed by atoms with Crippen LogP contribution >= 0.6 is 0 Å². The lowest BCUT2D eigenvalue weighted by molar-refractivity contribution is -0.385. The SMILES string of the molecule is Cc1cnc(N2CCC(NCC3CC3)CC2)cc1[N+](=O)[O-]. The Kier molecular flexibility index (Phi) is 4.05. The Hall–Kier alpha value is -1.69. The predicted octanol–water partition coefficient (Wildman–Crippen LogP) is 2.27. The Morgan fingerprint density at radius 2 is 2.10 bits per heavy atom. The Morgan fingerprint density at radius 1 is 1.38 bits per heavy atom. The van der Waals surface area contributed by atoms with E-state index in [0.717, 1.165) is 44.2 Å². The number of nitro groups is 1. The van der Waals surface area contributed by atoms with Gasteiger partial charge >= 0.3 is 0 Å². The second-order valence-corrected chi connectivity index (χ2v) is 6.20. The van der Waals surface area contributed by atoms with Gasteiger partial charge in [0.05, 0.1) is 11.0 Å². The third kappa shape index (κ3) is 3.50. The van der Waals surface area contributed by atoms with E-state index in [2.05, 4.69) is 15.2 Å². The number of piperidine rings is 1. The molecule has 0 amide bonds. The van der Waals surface area contributed by atoms with Crippen LogP contribution in [0.1, 0.15) is 31.2 Å². The topological polar surface area (TPSA) is 71.3 Å². The maximum atomic E-state index is 11.0. The Labute approximate surface area is 124 Å². The summed E-state index contributed by atoms with van der Waals surface area (Å²) in [5.74, 6) is 1.64. The first-order valence-corrected chi connectivity index (χ1v) is 7.73. The molecule has 6 heteroatoms. The number of aryl methyl sites for hydroxylation is 1. The molecule has 1 aromatic heterocycles. The normalized spacial score (nSPS) is 19.8. The van der Waals surface area contributed by atoms with Crippen LogP contribution in [-0.4, -0.2) is 35.6 Å². The molecule has 1 saturated heterocycles. The van der Waals surface area contributed by atoms with Gasteiger partial charge in [0.15, 0.2) is 0 Å². The van der Waals surface area contributed by atoms with Gasteiger partial charge in [0.25, 0.3) is 5.69 Å². The van der Waals surface area contributed by atoms with E-state index in [-0.39, 0.29) is 10.6 Å². The average Bonchev–Trinajstić information content (AvgIpc) is 3.30. The van der Waals surface area contributed by atoms with Gasteiger partial charge in [-0.05, 0) is 45.1 Å². The maximum Gasteiger partial charge on any atom is 0.277 e. The first-order chi connectivity index (χ1) is 10.1. The van der Waals surface area contributed by atoms with E-state index >= 15 is 0 Å². The molecule has 0 bridgehead atoms. The molecule has 0 radical (unpaired) electrons. The molecule has 1 aliphatic heterocycles. The first-order valence-electron chi connectivity index (χ1n) is 7.73. The van der Waals surface area contributed by atoms with Gasteiger partial charge in [-0.3, -0.25) is 10.1 Å². The molecule has 0 atom stereocenters. The average molecular weight is 290 g/mol. The van der Waals surface area contributed by atoms with Crippen molar-refractivity contribution in [2.75, 3.05) is 24.5 Å². The second kappa shape index (κ2) is 5.97. The summed E-state index contributed by atoms with van der Waals surface area (Å²) in [6, 6.07) is 2.19. The van der Waals surface area contributed by atoms with Crippen LogP contribution in [0.5, 0.6) is 0 Å². The molecule has 1 aliphatic carbocycles. The van der Waals surface area contributed by atoms with E-state index < -0.39 is 0 Å². The highest BCUT2D eigenvalue weighted by Crippen LogP contribution is 2.28. The molecule has 1 saturated carbocycles. The van der Waals surface area contributed by atoms with Crippen LogP contribution in [0.15, 0.2) is 12.3 Å². The summed E-state index contributed by atoms with van der Waals surface area (Å²) in [5.41, 5.74) is 0.777. The van der Waals surface area contributed by atoms with E-state index in [9.17, 15) is 10.1 Å². The van der Waals surface area contributed by atoms with E-state index in [1.165, 1.54) is 12.8 Å². The lowest BCUT2D eigenvalue weighted by Gasteiger charge is -2.33. The molecule has 3 rings (SSSR count). The zero-order chi connectivity index (χ0) is 14.8. The zero-order valence-electron chi connectivity index (χ0n) is 12.4. The molecule has 6 nitrogen and oxygen atoms in total. The van der Waals surface area contributed by atoms with Gasteiger partial charge in [0.2, 0.25) is 0 Å². The summed E-state index contributed by atoms with van der Waals surface area (Å²) in [6.07, 6.45) is 6.52. The molecule has 2 aliphatic rings. The highest BCUT2D eigenvalue weighted by atomic mass is 16.6. The number of pyridine rings is 1. The van der Waals surface area contributed by atoms with Crippen LogP contribution in [-0.2, 0) is 0 Å². The number of rotatable bonds is 5. The largest absolute Gasteiger partial charge is 0.356 e. The van der Waals surface area contributed by atoms with Gasteiger partial charge in [0, 0.05) is 30.9 Å². The van der Waals surface area contributed by atoms with Crippen molar-refractivity contribution in [3.8, 4) is 0 Å². The summed E-state index contributed by atoms with van der Waals surface area (Å²) in [7, 11) is 0. The van der Waals surface area contributed by atoms with E-state index in [1.54, 1.807) is 19.2 Å². The first kappa shape index (κ1) is 14.3. The van der Waals surface area contributed by atoms with Gasteiger partial charge in [0.1, 0.15) is 5.82 Å². The monoisotopic (exact) mass is 290 g/mol. The fraction of sp³-hybridized carbons (Fsp3) is 0.667. The second-order valence-electron chi connectivity index (χ2n) is 6.20. The van der Waals surface area contributed by atoms with Crippen LogP contribution in [0.2, 0.25) is 0 Å². The van der Waals surface area contributed by atoms with Crippen molar-refractivity contribution in [3.05, 3.63) is 27.9 Å². The summed E-state index contributed by atoms with van der Waals surface area (Å²) in [6.45, 7) is 4.70. The highest BCUT2D eigenvalue weighted by molar-refractivity contribution is 5.50. The van der Waals surface area contributed by atoms with Gasteiger partial charge in [-0.1, -0.05) is 0 Å². The van der Waals surface area contributed by atoms with Crippen LogP contribution in [0, 0.1) is 23.0 Å². The number of hydrogen-bond acceptors (Lipinski definition) is 5. The van der Waals surface area contributed by atoms with Gasteiger partial charge in [-0.2, -0.15) is 0 Å². The minimum atomic E-state index is -0.329. The Morgan fingerprint density at radius 3 is 2.71 bits per heavy atom. The maximum absolute atomic E-state index is 11.0. The quantitative estimate of drug-likeness (QED) is 0.665. The number of aromatic nitrogens is 1. The molecular weight excluding hydrogens is 268 g/mol.